The Morgan fingerprint density at radius 3 is 2.83 bits per heavy atom. The molecule has 0 bridgehead atoms. The van der Waals surface area contributed by atoms with Gasteiger partial charge in [-0.25, -0.2) is 9.18 Å². The first kappa shape index (κ1) is 16.3. The standard InChI is InChI=1S/C17H19FN2OS2/c18-14-5-3-13(4-6-14)12-19-17(21)20-8-7-16(23-11-9-20)15-2-1-10-22-15/h1-6,10,16H,7-9,11-12H2,(H,19,21). The summed E-state index contributed by atoms with van der Waals surface area (Å²) in [7, 11) is 0. The van der Waals surface area contributed by atoms with Crippen LogP contribution >= 0.6 is 23.1 Å². The van der Waals surface area contributed by atoms with Crippen LogP contribution in [0.4, 0.5) is 9.18 Å². The molecular weight excluding hydrogens is 331 g/mol. The fourth-order valence-electron chi connectivity index (χ4n) is 2.57. The van der Waals surface area contributed by atoms with Gasteiger partial charge < -0.3 is 10.2 Å². The number of carbonyl (C=O) groups is 1. The van der Waals surface area contributed by atoms with Gasteiger partial charge in [-0.2, -0.15) is 11.8 Å². The Labute approximate surface area is 143 Å². The molecule has 23 heavy (non-hydrogen) atoms. The van der Waals surface area contributed by atoms with Gasteiger partial charge in [-0.05, 0) is 35.6 Å². The van der Waals surface area contributed by atoms with E-state index in [1.54, 1.807) is 23.5 Å². The van der Waals surface area contributed by atoms with Crippen molar-refractivity contribution in [3.8, 4) is 0 Å². The maximum absolute atomic E-state index is 12.9. The van der Waals surface area contributed by atoms with Crippen LogP contribution in [0.25, 0.3) is 0 Å². The smallest absolute Gasteiger partial charge is 0.317 e. The molecule has 2 heterocycles. The Balaban J connectivity index is 1.50. The number of benzene rings is 1. The topological polar surface area (TPSA) is 32.3 Å². The lowest BCUT2D eigenvalue weighted by Gasteiger charge is -2.20. The number of carbonyl (C=O) groups excluding carboxylic acids is 1. The second kappa shape index (κ2) is 7.84. The number of thiophene rings is 1. The van der Waals surface area contributed by atoms with Crippen molar-refractivity contribution in [2.24, 2.45) is 0 Å². The van der Waals surface area contributed by atoms with Crippen molar-refractivity contribution in [1.29, 1.82) is 0 Å². The van der Waals surface area contributed by atoms with E-state index in [2.05, 4.69) is 22.8 Å². The molecule has 1 unspecified atom stereocenters. The number of hydrogen-bond acceptors (Lipinski definition) is 3. The summed E-state index contributed by atoms with van der Waals surface area (Å²) in [6.07, 6.45) is 0.981. The highest BCUT2D eigenvalue weighted by Gasteiger charge is 2.22. The Morgan fingerprint density at radius 1 is 1.26 bits per heavy atom. The second-order valence-corrected chi connectivity index (χ2v) is 7.73. The summed E-state index contributed by atoms with van der Waals surface area (Å²) in [4.78, 5) is 15.6. The van der Waals surface area contributed by atoms with Gasteiger partial charge in [0.25, 0.3) is 0 Å². The van der Waals surface area contributed by atoms with Crippen molar-refractivity contribution in [3.05, 3.63) is 58.0 Å². The highest BCUT2D eigenvalue weighted by atomic mass is 32.2. The van der Waals surface area contributed by atoms with Crippen LogP contribution in [0.5, 0.6) is 0 Å². The van der Waals surface area contributed by atoms with Crippen LogP contribution in [-0.2, 0) is 6.54 Å². The normalized spacial score (nSPS) is 18.5. The molecule has 122 valence electrons. The van der Waals surface area contributed by atoms with Crippen molar-refractivity contribution < 1.29 is 9.18 Å². The maximum atomic E-state index is 12.9. The third-order valence-electron chi connectivity index (χ3n) is 3.85. The molecule has 1 aliphatic heterocycles. The Hall–Kier alpha value is -1.53. The SMILES string of the molecule is O=C(NCc1ccc(F)cc1)N1CCSC(c2cccs2)CC1. The number of halogens is 1. The molecule has 6 heteroatoms. The molecule has 0 spiro atoms. The molecular formula is C17H19FN2OS2. The van der Waals surface area contributed by atoms with Crippen LogP contribution in [0, 0.1) is 5.82 Å². The van der Waals surface area contributed by atoms with Crippen LogP contribution in [0.15, 0.2) is 41.8 Å². The number of hydrogen-bond donors (Lipinski definition) is 1. The van der Waals surface area contributed by atoms with E-state index in [9.17, 15) is 9.18 Å². The molecule has 1 aliphatic rings. The van der Waals surface area contributed by atoms with E-state index in [0.717, 1.165) is 30.8 Å². The molecule has 1 fully saturated rings. The Morgan fingerprint density at radius 2 is 2.09 bits per heavy atom. The predicted molar refractivity (Wildman–Crippen MR) is 94.3 cm³/mol. The minimum Gasteiger partial charge on any atom is -0.334 e. The van der Waals surface area contributed by atoms with Crippen molar-refractivity contribution in [2.75, 3.05) is 18.8 Å². The molecule has 0 saturated carbocycles. The van der Waals surface area contributed by atoms with Gasteiger partial charge in [0.1, 0.15) is 5.82 Å². The van der Waals surface area contributed by atoms with E-state index in [4.69, 9.17) is 0 Å². The quantitative estimate of drug-likeness (QED) is 0.896. The number of thioether (sulfide) groups is 1. The lowest BCUT2D eigenvalue weighted by Crippen LogP contribution is -2.40. The molecule has 3 nitrogen and oxygen atoms in total. The molecule has 1 saturated heterocycles. The summed E-state index contributed by atoms with van der Waals surface area (Å²) in [6.45, 7) is 1.96. The van der Waals surface area contributed by atoms with Gasteiger partial charge in [0.15, 0.2) is 0 Å². The summed E-state index contributed by atoms with van der Waals surface area (Å²) in [5.41, 5.74) is 0.903. The number of rotatable bonds is 3. The molecule has 2 aromatic rings. The molecule has 2 amide bonds. The van der Waals surface area contributed by atoms with Crippen LogP contribution in [0.1, 0.15) is 22.1 Å². The van der Waals surface area contributed by atoms with Crippen molar-refractivity contribution in [1.82, 2.24) is 10.2 Å². The van der Waals surface area contributed by atoms with Crippen LogP contribution in [0.3, 0.4) is 0 Å². The first-order valence-electron chi connectivity index (χ1n) is 7.64. The maximum Gasteiger partial charge on any atom is 0.317 e. The third kappa shape index (κ3) is 4.48. The van der Waals surface area contributed by atoms with Crippen molar-refractivity contribution in [3.63, 3.8) is 0 Å². The van der Waals surface area contributed by atoms with Gasteiger partial charge in [0, 0.05) is 35.5 Å². The number of nitrogens with one attached hydrogen (secondary N) is 1. The predicted octanol–water partition coefficient (Wildman–Crippen LogP) is 4.28. The van der Waals surface area contributed by atoms with Crippen molar-refractivity contribution >= 4 is 29.1 Å². The molecule has 0 radical (unpaired) electrons. The lowest BCUT2D eigenvalue weighted by atomic mass is 10.2. The molecule has 1 aromatic heterocycles. The molecule has 1 aromatic carbocycles. The molecule has 0 aliphatic carbocycles. The van der Waals surface area contributed by atoms with Gasteiger partial charge in [0.05, 0.1) is 0 Å². The summed E-state index contributed by atoms with van der Waals surface area (Å²) < 4.78 is 12.9. The lowest BCUT2D eigenvalue weighted by molar-refractivity contribution is 0.200. The fourth-order valence-corrected chi connectivity index (χ4v) is 4.80. The number of amides is 2. The summed E-state index contributed by atoms with van der Waals surface area (Å²) >= 11 is 3.71. The van der Waals surface area contributed by atoms with Crippen LogP contribution in [0.2, 0.25) is 0 Å². The Bertz CT molecular complexity index is 631. The monoisotopic (exact) mass is 350 g/mol. The summed E-state index contributed by atoms with van der Waals surface area (Å²) in [6, 6.07) is 10.4. The zero-order valence-corrected chi connectivity index (χ0v) is 14.3. The average molecular weight is 350 g/mol. The third-order valence-corrected chi connectivity index (χ3v) is 6.29. The van der Waals surface area contributed by atoms with Gasteiger partial charge in [-0.1, -0.05) is 18.2 Å². The second-order valence-electron chi connectivity index (χ2n) is 5.44. The minimum atomic E-state index is -0.260. The highest BCUT2D eigenvalue weighted by molar-refractivity contribution is 7.99. The van der Waals surface area contributed by atoms with E-state index in [0.29, 0.717) is 11.8 Å². The zero-order chi connectivity index (χ0) is 16.1. The van der Waals surface area contributed by atoms with E-state index in [-0.39, 0.29) is 11.8 Å². The van der Waals surface area contributed by atoms with Crippen LogP contribution in [-0.4, -0.2) is 29.8 Å². The van der Waals surface area contributed by atoms with Gasteiger partial charge in [0.2, 0.25) is 0 Å². The first-order valence-corrected chi connectivity index (χ1v) is 9.57. The van der Waals surface area contributed by atoms with E-state index >= 15 is 0 Å². The molecule has 3 rings (SSSR count). The van der Waals surface area contributed by atoms with E-state index in [1.165, 1.54) is 17.0 Å². The molecule has 1 atom stereocenters. The largest absolute Gasteiger partial charge is 0.334 e. The zero-order valence-electron chi connectivity index (χ0n) is 12.7. The van der Waals surface area contributed by atoms with Gasteiger partial charge in [-0.3, -0.25) is 0 Å². The van der Waals surface area contributed by atoms with E-state index < -0.39 is 0 Å². The summed E-state index contributed by atoms with van der Waals surface area (Å²) in [5, 5.41) is 5.52. The minimum absolute atomic E-state index is 0.0400. The highest BCUT2D eigenvalue weighted by Crippen LogP contribution is 2.36. The number of urea groups is 1. The van der Waals surface area contributed by atoms with Gasteiger partial charge in [-0.15, -0.1) is 11.3 Å². The van der Waals surface area contributed by atoms with Crippen LogP contribution < -0.4 is 5.32 Å². The first-order chi connectivity index (χ1) is 11.2. The average Bonchev–Trinajstić information content (AvgIpc) is 2.98. The Kier molecular flexibility index (Phi) is 5.56. The van der Waals surface area contributed by atoms with E-state index in [1.807, 2.05) is 16.7 Å². The summed E-state index contributed by atoms with van der Waals surface area (Å²) in [5.74, 6) is 0.691. The number of nitrogens with zero attached hydrogens (tertiary/aromatic N) is 1. The van der Waals surface area contributed by atoms with Crippen molar-refractivity contribution in [2.45, 2.75) is 18.2 Å². The molecule has 1 N–H and O–H groups in total. The van der Waals surface area contributed by atoms with Gasteiger partial charge >= 0.3 is 6.03 Å². The fraction of sp³-hybridized carbons (Fsp3) is 0.353.